The molecule has 0 unspecified atom stereocenters. The zero-order valence-corrected chi connectivity index (χ0v) is 22.6. The van der Waals surface area contributed by atoms with Gasteiger partial charge in [-0.3, -0.25) is 4.79 Å². The molecule has 0 heterocycles. The van der Waals surface area contributed by atoms with Gasteiger partial charge in [-0.25, -0.2) is 0 Å². The molecule has 0 spiro atoms. The van der Waals surface area contributed by atoms with Crippen molar-refractivity contribution in [3.63, 3.8) is 0 Å². The van der Waals surface area contributed by atoms with Crippen molar-refractivity contribution in [2.75, 3.05) is 14.2 Å². The third-order valence-corrected chi connectivity index (χ3v) is 10.8. The molecule has 0 aromatic heterocycles. The quantitative estimate of drug-likeness (QED) is 0.323. The number of carboxylic acid groups (broad SMARTS) is 1. The van der Waals surface area contributed by atoms with Gasteiger partial charge in [-0.2, -0.15) is 0 Å². The molecule has 3 fully saturated rings. The van der Waals surface area contributed by atoms with Crippen molar-refractivity contribution < 1.29 is 19.4 Å². The first-order valence-corrected chi connectivity index (χ1v) is 13.9. The van der Waals surface area contributed by atoms with Gasteiger partial charge >= 0.3 is 5.97 Å². The van der Waals surface area contributed by atoms with E-state index in [-0.39, 0.29) is 24.0 Å². The first-order chi connectivity index (χ1) is 15.6. The molecule has 3 aliphatic carbocycles. The molecule has 0 radical (unpaired) electrons. The van der Waals surface area contributed by atoms with Gasteiger partial charge in [-0.15, -0.1) is 0 Å². The van der Waals surface area contributed by atoms with Crippen LogP contribution in [0.5, 0.6) is 0 Å². The first kappa shape index (κ1) is 27.0. The van der Waals surface area contributed by atoms with E-state index in [0.717, 1.165) is 42.4 Å². The lowest BCUT2D eigenvalue weighted by Gasteiger charge is -2.60. The van der Waals surface area contributed by atoms with E-state index in [0.29, 0.717) is 11.3 Å². The van der Waals surface area contributed by atoms with Gasteiger partial charge in [0.2, 0.25) is 0 Å². The molecule has 1 N–H and O–H groups in total. The number of aliphatic carboxylic acids is 1. The lowest BCUT2D eigenvalue weighted by molar-refractivity contribution is -0.208. The highest BCUT2D eigenvalue weighted by Gasteiger charge is 2.60. The summed E-state index contributed by atoms with van der Waals surface area (Å²) in [5.74, 6) is 4.16. The number of fused-ring (bicyclic) bond motifs is 3. The Morgan fingerprint density at radius 3 is 2.21 bits per heavy atom. The second-order valence-corrected chi connectivity index (χ2v) is 12.8. The van der Waals surface area contributed by atoms with Crippen LogP contribution < -0.4 is 0 Å². The summed E-state index contributed by atoms with van der Waals surface area (Å²) in [5, 5.41) is 9.52. The summed E-state index contributed by atoms with van der Waals surface area (Å²) in [6, 6.07) is 0. The van der Waals surface area contributed by atoms with Gasteiger partial charge in [0.15, 0.2) is 6.29 Å². The number of hydrogen-bond donors (Lipinski definition) is 1. The van der Waals surface area contributed by atoms with Crippen molar-refractivity contribution >= 4 is 5.97 Å². The van der Waals surface area contributed by atoms with Crippen LogP contribution in [0, 0.1) is 52.3 Å². The van der Waals surface area contributed by atoms with Crippen LogP contribution in [0.2, 0.25) is 0 Å². The Morgan fingerprint density at radius 1 is 0.939 bits per heavy atom. The molecule has 33 heavy (non-hydrogen) atoms. The van der Waals surface area contributed by atoms with Crippen LogP contribution in [0.3, 0.4) is 0 Å². The molecular formula is C29H52O4. The topological polar surface area (TPSA) is 55.8 Å². The molecule has 3 rings (SSSR count). The summed E-state index contributed by atoms with van der Waals surface area (Å²) >= 11 is 0. The molecule has 3 aliphatic rings. The number of carbonyl (C=O) groups is 1. The Hall–Kier alpha value is -0.610. The standard InChI is InChI=1S/C29H52O4/c1-19(2)9-8-10-20(3)22-13-14-23-21-11-12-25(27(32-6)33-7)29(5,18-16-26(30)31)24(21)15-17-28(22,23)4/h19-25,27H,8-18H2,1-7H3,(H,30,31)/t20-,21+,22-,23+,24+,25-,28-,29-/m1/s1. The number of methoxy groups -OCH3 is 2. The van der Waals surface area contributed by atoms with E-state index in [1.165, 1.54) is 51.4 Å². The average Bonchev–Trinajstić information content (AvgIpc) is 3.12. The van der Waals surface area contributed by atoms with E-state index >= 15 is 0 Å². The maximum atomic E-state index is 11.6. The molecule has 3 saturated carbocycles. The minimum Gasteiger partial charge on any atom is -0.481 e. The van der Waals surface area contributed by atoms with Crippen LogP contribution in [0.1, 0.15) is 105 Å². The molecule has 4 nitrogen and oxygen atoms in total. The molecule has 0 saturated heterocycles. The van der Waals surface area contributed by atoms with Crippen LogP contribution in [0.4, 0.5) is 0 Å². The maximum absolute atomic E-state index is 11.6. The second-order valence-electron chi connectivity index (χ2n) is 12.8. The predicted octanol–water partition coefficient (Wildman–Crippen LogP) is 7.41. The van der Waals surface area contributed by atoms with Crippen LogP contribution in [-0.2, 0) is 14.3 Å². The summed E-state index contributed by atoms with van der Waals surface area (Å²) in [7, 11) is 3.47. The van der Waals surface area contributed by atoms with E-state index < -0.39 is 5.97 Å². The molecule has 8 atom stereocenters. The Kier molecular flexibility index (Phi) is 8.98. The monoisotopic (exact) mass is 464 g/mol. The highest BCUT2D eigenvalue weighted by molar-refractivity contribution is 5.66. The SMILES string of the molecule is COC(OC)[C@H]1CC[C@@H]2[C@H](CC[C@]3(C)[C@@H]([C@H](C)CCCC(C)C)CC[C@@H]23)[C@@]1(C)CCC(=O)O. The van der Waals surface area contributed by atoms with Crippen LogP contribution in [0.25, 0.3) is 0 Å². The Morgan fingerprint density at radius 2 is 1.61 bits per heavy atom. The summed E-state index contributed by atoms with van der Waals surface area (Å²) in [5.41, 5.74) is 0.418. The minimum absolute atomic E-state index is 0.0414. The number of carboxylic acids is 1. The van der Waals surface area contributed by atoms with E-state index in [1.54, 1.807) is 14.2 Å². The molecule has 4 heteroatoms. The highest BCUT2D eigenvalue weighted by atomic mass is 16.7. The number of ether oxygens (including phenoxy) is 2. The highest BCUT2D eigenvalue weighted by Crippen LogP contribution is 2.67. The van der Waals surface area contributed by atoms with Crippen molar-refractivity contribution in [2.45, 2.75) is 112 Å². The Balaban J connectivity index is 1.79. The third-order valence-electron chi connectivity index (χ3n) is 10.8. The fraction of sp³-hybridized carbons (Fsp3) is 0.966. The zero-order chi connectivity index (χ0) is 24.4. The van der Waals surface area contributed by atoms with Gasteiger partial charge in [-0.05, 0) is 91.3 Å². The smallest absolute Gasteiger partial charge is 0.303 e. The summed E-state index contributed by atoms with van der Waals surface area (Å²) < 4.78 is 11.5. The van der Waals surface area contributed by atoms with Crippen molar-refractivity contribution in [3.05, 3.63) is 0 Å². The molecule has 0 bridgehead atoms. The van der Waals surface area contributed by atoms with Gasteiger partial charge in [0, 0.05) is 26.6 Å². The van der Waals surface area contributed by atoms with Crippen LogP contribution in [0.15, 0.2) is 0 Å². The first-order valence-electron chi connectivity index (χ1n) is 13.9. The molecule has 0 amide bonds. The predicted molar refractivity (Wildman–Crippen MR) is 134 cm³/mol. The molecule has 0 aromatic rings. The summed E-state index contributed by atoms with van der Waals surface area (Å²) in [6.45, 7) is 12.2. The van der Waals surface area contributed by atoms with E-state index in [1.807, 2.05) is 0 Å². The van der Waals surface area contributed by atoms with Gasteiger partial charge in [-0.1, -0.05) is 53.9 Å². The van der Waals surface area contributed by atoms with Gasteiger partial charge in [0.1, 0.15) is 0 Å². The average molecular weight is 465 g/mol. The number of rotatable bonds is 11. The molecule has 192 valence electrons. The zero-order valence-electron chi connectivity index (χ0n) is 22.6. The summed E-state index contributed by atoms with van der Waals surface area (Å²) in [6.07, 6.45) is 12.5. The molecule has 0 aromatic carbocycles. The van der Waals surface area contributed by atoms with Crippen LogP contribution >= 0.6 is 0 Å². The van der Waals surface area contributed by atoms with Gasteiger partial charge < -0.3 is 14.6 Å². The third kappa shape index (κ3) is 5.32. The molecule has 0 aliphatic heterocycles. The Labute approximate surface area is 203 Å². The maximum Gasteiger partial charge on any atom is 0.303 e. The lowest BCUT2D eigenvalue weighted by atomic mass is 9.45. The fourth-order valence-electron chi connectivity index (χ4n) is 9.13. The van der Waals surface area contributed by atoms with Crippen molar-refractivity contribution in [2.24, 2.45) is 52.3 Å². The van der Waals surface area contributed by atoms with Crippen molar-refractivity contribution in [3.8, 4) is 0 Å². The van der Waals surface area contributed by atoms with Crippen molar-refractivity contribution in [1.82, 2.24) is 0 Å². The lowest BCUT2D eigenvalue weighted by Crippen LogP contribution is -2.55. The molecular weight excluding hydrogens is 412 g/mol. The fourth-order valence-corrected chi connectivity index (χ4v) is 9.13. The largest absolute Gasteiger partial charge is 0.481 e. The Bertz CT molecular complexity index is 644. The summed E-state index contributed by atoms with van der Waals surface area (Å²) in [4.78, 5) is 11.6. The van der Waals surface area contributed by atoms with Crippen molar-refractivity contribution in [1.29, 1.82) is 0 Å². The van der Waals surface area contributed by atoms with Gasteiger partial charge in [0.05, 0.1) is 0 Å². The van der Waals surface area contributed by atoms with Gasteiger partial charge in [0.25, 0.3) is 0 Å². The minimum atomic E-state index is -0.680. The second kappa shape index (κ2) is 11.0. The van der Waals surface area contributed by atoms with E-state index in [2.05, 4.69) is 34.6 Å². The van der Waals surface area contributed by atoms with E-state index in [9.17, 15) is 9.90 Å². The van der Waals surface area contributed by atoms with E-state index in [4.69, 9.17) is 9.47 Å². The normalized spacial score (nSPS) is 39.5. The number of hydrogen-bond acceptors (Lipinski definition) is 3. The van der Waals surface area contributed by atoms with Crippen LogP contribution in [-0.4, -0.2) is 31.6 Å².